The minimum atomic E-state index is -1.47. The second-order valence-corrected chi connectivity index (χ2v) is 7.94. The van der Waals surface area contributed by atoms with Crippen molar-refractivity contribution in [3.8, 4) is 17.0 Å². The van der Waals surface area contributed by atoms with Crippen molar-refractivity contribution in [1.29, 1.82) is 0 Å². The molecule has 3 heterocycles. The summed E-state index contributed by atoms with van der Waals surface area (Å²) in [6.45, 7) is 0.121. The Morgan fingerprint density at radius 2 is 1.85 bits per heavy atom. The number of rotatable bonds is 5. The Morgan fingerprint density at radius 1 is 1.06 bits per heavy atom. The van der Waals surface area contributed by atoms with Gasteiger partial charge in [0.1, 0.15) is 5.82 Å². The molecule has 9 heteroatoms. The first kappa shape index (κ1) is 20.6. The standard InChI is InChI=1S/C24H19FN4O4/c1-33-20-10-15(8-9-26-20)14-2-5-17(6-3-14)24(22(31)27-23(32)28-24)13-29-12-16-4-7-18(25)11-19(16)21(29)30/h2-11H,12-13H2,1H3,(H2,27,28,31,32). The molecule has 33 heavy (non-hydrogen) atoms. The van der Waals surface area contributed by atoms with Crippen LogP contribution in [0.3, 0.4) is 0 Å². The lowest BCUT2D eigenvalue weighted by Gasteiger charge is -2.31. The van der Waals surface area contributed by atoms with Gasteiger partial charge in [0.2, 0.25) is 5.88 Å². The van der Waals surface area contributed by atoms with E-state index in [0.717, 1.165) is 11.1 Å². The van der Waals surface area contributed by atoms with Crippen molar-refractivity contribution in [2.45, 2.75) is 12.1 Å². The Morgan fingerprint density at radius 3 is 2.55 bits per heavy atom. The summed E-state index contributed by atoms with van der Waals surface area (Å²) in [7, 11) is 1.53. The maximum Gasteiger partial charge on any atom is 0.322 e. The first-order valence-electron chi connectivity index (χ1n) is 10.2. The lowest BCUT2D eigenvalue weighted by molar-refractivity contribution is -0.124. The molecule has 0 saturated carbocycles. The predicted molar refractivity (Wildman–Crippen MR) is 116 cm³/mol. The maximum atomic E-state index is 13.6. The normalized spacial score (nSPS) is 19.3. The lowest BCUT2D eigenvalue weighted by Crippen LogP contribution is -2.52. The van der Waals surface area contributed by atoms with Gasteiger partial charge in [-0.1, -0.05) is 30.3 Å². The number of aromatic nitrogens is 1. The molecule has 1 saturated heterocycles. The maximum absolute atomic E-state index is 13.6. The van der Waals surface area contributed by atoms with Crippen LogP contribution in [0.25, 0.3) is 11.1 Å². The van der Waals surface area contributed by atoms with Gasteiger partial charge in [-0.15, -0.1) is 0 Å². The van der Waals surface area contributed by atoms with Gasteiger partial charge >= 0.3 is 6.03 Å². The second-order valence-electron chi connectivity index (χ2n) is 7.94. The highest BCUT2D eigenvalue weighted by atomic mass is 19.1. The van der Waals surface area contributed by atoms with Crippen molar-refractivity contribution in [3.05, 3.63) is 83.3 Å². The van der Waals surface area contributed by atoms with Crippen LogP contribution in [-0.4, -0.2) is 41.4 Å². The van der Waals surface area contributed by atoms with E-state index >= 15 is 0 Å². The van der Waals surface area contributed by atoms with E-state index in [9.17, 15) is 18.8 Å². The highest BCUT2D eigenvalue weighted by molar-refractivity contribution is 6.08. The van der Waals surface area contributed by atoms with Gasteiger partial charge in [0, 0.05) is 24.4 Å². The quantitative estimate of drug-likeness (QED) is 0.587. The Hall–Kier alpha value is -4.27. The van der Waals surface area contributed by atoms with Crippen LogP contribution >= 0.6 is 0 Å². The smallest absolute Gasteiger partial charge is 0.322 e. The van der Waals surface area contributed by atoms with E-state index in [-0.39, 0.29) is 18.7 Å². The summed E-state index contributed by atoms with van der Waals surface area (Å²) in [4.78, 5) is 43.5. The Balaban J connectivity index is 1.48. The summed E-state index contributed by atoms with van der Waals surface area (Å²) in [6.07, 6.45) is 1.63. The van der Waals surface area contributed by atoms with Crippen molar-refractivity contribution < 1.29 is 23.5 Å². The van der Waals surface area contributed by atoms with Crippen LogP contribution < -0.4 is 15.4 Å². The molecule has 1 aromatic heterocycles. The van der Waals surface area contributed by atoms with Crippen LogP contribution in [0.1, 0.15) is 21.5 Å². The van der Waals surface area contributed by atoms with Crippen LogP contribution in [-0.2, 0) is 16.9 Å². The molecule has 166 valence electrons. The molecule has 0 aliphatic carbocycles. The third-order valence-electron chi connectivity index (χ3n) is 5.98. The van der Waals surface area contributed by atoms with E-state index in [1.807, 2.05) is 18.2 Å². The lowest BCUT2D eigenvalue weighted by atomic mass is 9.88. The molecule has 8 nitrogen and oxygen atoms in total. The number of hydrogen-bond donors (Lipinski definition) is 2. The van der Waals surface area contributed by atoms with Crippen molar-refractivity contribution in [1.82, 2.24) is 20.5 Å². The minimum Gasteiger partial charge on any atom is -0.481 e. The van der Waals surface area contributed by atoms with E-state index in [1.165, 1.54) is 24.1 Å². The van der Waals surface area contributed by atoms with Crippen LogP contribution in [0.15, 0.2) is 60.8 Å². The molecule has 0 bridgehead atoms. The Kier molecular flexibility index (Phi) is 4.81. The van der Waals surface area contributed by atoms with Gasteiger partial charge in [-0.3, -0.25) is 14.9 Å². The summed E-state index contributed by atoms with van der Waals surface area (Å²) in [5, 5.41) is 4.97. The topological polar surface area (TPSA) is 101 Å². The molecule has 1 atom stereocenters. The van der Waals surface area contributed by atoms with Crippen molar-refractivity contribution in [3.63, 3.8) is 0 Å². The number of benzene rings is 2. The predicted octanol–water partition coefficient (Wildman–Crippen LogP) is 2.59. The van der Waals surface area contributed by atoms with Gasteiger partial charge in [-0.25, -0.2) is 14.2 Å². The Labute approximate surface area is 188 Å². The zero-order valence-electron chi connectivity index (χ0n) is 17.6. The second kappa shape index (κ2) is 7.70. The van der Waals surface area contributed by atoms with E-state index in [2.05, 4.69) is 15.6 Å². The molecule has 0 spiro atoms. The fraction of sp³-hybridized carbons (Fsp3) is 0.167. The van der Waals surface area contributed by atoms with Gasteiger partial charge in [0.25, 0.3) is 11.8 Å². The number of halogens is 1. The zero-order chi connectivity index (χ0) is 23.2. The van der Waals surface area contributed by atoms with Crippen LogP contribution in [0.2, 0.25) is 0 Å². The molecular formula is C24H19FN4O4. The SMILES string of the molecule is COc1cc(-c2ccc(C3(CN4Cc5ccc(F)cc5C4=O)NC(=O)NC3=O)cc2)ccn1. The van der Waals surface area contributed by atoms with Gasteiger partial charge in [-0.05, 0) is 40.5 Å². The number of ether oxygens (including phenoxy) is 1. The first-order valence-corrected chi connectivity index (χ1v) is 10.2. The molecule has 2 aromatic carbocycles. The summed E-state index contributed by atoms with van der Waals surface area (Å²) in [5.74, 6) is -0.980. The van der Waals surface area contributed by atoms with E-state index in [4.69, 9.17) is 4.74 Å². The number of carbonyl (C=O) groups is 3. The third kappa shape index (κ3) is 3.47. The molecule has 5 rings (SSSR count). The summed E-state index contributed by atoms with van der Waals surface area (Å²) >= 11 is 0. The average molecular weight is 446 g/mol. The number of pyridine rings is 1. The zero-order valence-corrected chi connectivity index (χ0v) is 17.6. The largest absolute Gasteiger partial charge is 0.481 e. The number of nitrogens with zero attached hydrogens (tertiary/aromatic N) is 2. The average Bonchev–Trinajstić information content (AvgIpc) is 3.29. The van der Waals surface area contributed by atoms with Crippen molar-refractivity contribution >= 4 is 17.8 Å². The van der Waals surface area contributed by atoms with Gasteiger partial charge < -0.3 is 15.0 Å². The fourth-order valence-electron chi connectivity index (χ4n) is 4.29. The van der Waals surface area contributed by atoms with Crippen LogP contribution in [0.4, 0.5) is 9.18 Å². The number of carbonyl (C=O) groups excluding carboxylic acids is 3. The molecule has 1 fully saturated rings. The monoisotopic (exact) mass is 446 g/mol. The van der Waals surface area contributed by atoms with Crippen molar-refractivity contribution in [2.24, 2.45) is 0 Å². The summed E-state index contributed by atoms with van der Waals surface area (Å²) < 4.78 is 18.8. The molecule has 4 amide bonds. The minimum absolute atomic E-state index is 0.0951. The van der Waals surface area contributed by atoms with Gasteiger partial charge in [0.15, 0.2) is 5.54 Å². The van der Waals surface area contributed by atoms with E-state index < -0.39 is 29.2 Å². The molecule has 2 N–H and O–H groups in total. The number of fused-ring (bicyclic) bond motifs is 1. The van der Waals surface area contributed by atoms with Crippen LogP contribution in [0, 0.1) is 5.82 Å². The molecule has 3 aromatic rings. The van der Waals surface area contributed by atoms with Gasteiger partial charge in [0.05, 0.1) is 13.7 Å². The highest BCUT2D eigenvalue weighted by Gasteiger charge is 2.50. The Bertz CT molecular complexity index is 1290. The fourth-order valence-corrected chi connectivity index (χ4v) is 4.29. The summed E-state index contributed by atoms with van der Waals surface area (Å²) in [6, 6.07) is 14.1. The van der Waals surface area contributed by atoms with Gasteiger partial charge in [-0.2, -0.15) is 0 Å². The number of nitrogens with one attached hydrogen (secondary N) is 2. The third-order valence-corrected chi connectivity index (χ3v) is 5.98. The number of methoxy groups -OCH3 is 1. The summed E-state index contributed by atoms with van der Waals surface area (Å²) in [5.41, 5.74) is 1.71. The molecular weight excluding hydrogens is 427 g/mol. The number of imide groups is 1. The molecule has 2 aliphatic heterocycles. The van der Waals surface area contributed by atoms with E-state index in [0.29, 0.717) is 17.0 Å². The molecule has 2 aliphatic rings. The molecule has 1 unspecified atom stereocenters. The first-order chi connectivity index (χ1) is 15.9. The number of hydrogen-bond acceptors (Lipinski definition) is 5. The molecule has 0 radical (unpaired) electrons. The number of amides is 4. The van der Waals surface area contributed by atoms with Crippen molar-refractivity contribution in [2.75, 3.05) is 13.7 Å². The number of urea groups is 1. The van der Waals surface area contributed by atoms with Crippen LogP contribution in [0.5, 0.6) is 5.88 Å². The highest BCUT2D eigenvalue weighted by Crippen LogP contribution is 2.33. The van der Waals surface area contributed by atoms with E-state index in [1.54, 1.807) is 30.5 Å².